The van der Waals surface area contributed by atoms with Crippen LogP contribution in [0.15, 0.2) is 11.6 Å². The number of allylic oxidation sites excluding steroid dienone is 2. The van der Waals surface area contributed by atoms with E-state index in [1.807, 2.05) is 20.8 Å². The van der Waals surface area contributed by atoms with Crippen LogP contribution in [0.1, 0.15) is 113 Å². The van der Waals surface area contributed by atoms with Crippen molar-refractivity contribution in [1.29, 1.82) is 0 Å². The van der Waals surface area contributed by atoms with Crippen LogP contribution in [-0.2, 0) is 81.3 Å². The first-order valence-electron chi connectivity index (χ1n) is 29.2. The first-order valence-corrected chi connectivity index (χ1v) is 31.9. The number of esters is 1. The van der Waals surface area contributed by atoms with Gasteiger partial charge in [-0.25, -0.2) is 8.37 Å². The molecular formula is C54H88O29S2. The molecule has 9 aliphatic rings. The smallest absolute Gasteiger partial charge is 0.397 e. The van der Waals surface area contributed by atoms with Crippen LogP contribution < -0.4 is 0 Å². The van der Waals surface area contributed by atoms with Gasteiger partial charge in [-0.05, 0) is 93.8 Å². The molecule has 12 N–H and O–H groups in total. The number of hydrogen-bond acceptors (Lipinski definition) is 27. The van der Waals surface area contributed by atoms with Crippen LogP contribution in [0.3, 0.4) is 0 Å². The van der Waals surface area contributed by atoms with E-state index in [1.165, 1.54) is 6.92 Å². The van der Waals surface area contributed by atoms with E-state index < -0.39 is 208 Å². The van der Waals surface area contributed by atoms with Crippen LogP contribution in [0.2, 0.25) is 0 Å². The average molecular weight is 1270 g/mol. The predicted octanol–water partition coefficient (Wildman–Crippen LogP) is -1.57. The van der Waals surface area contributed by atoms with Crippen molar-refractivity contribution < 1.29 is 138 Å². The molecule has 8 fully saturated rings. The second-order valence-electron chi connectivity index (χ2n) is 26.5. The molecule has 29 nitrogen and oxygen atoms in total. The number of carbonyl (C=O) groups excluding carboxylic acids is 1. The second-order valence-corrected chi connectivity index (χ2v) is 28.7. The third kappa shape index (κ3) is 11.6. The highest BCUT2D eigenvalue weighted by molar-refractivity contribution is 7.81. The van der Waals surface area contributed by atoms with E-state index in [2.05, 4.69) is 31.0 Å². The van der Waals surface area contributed by atoms with Crippen molar-refractivity contribution >= 4 is 26.8 Å². The van der Waals surface area contributed by atoms with Gasteiger partial charge < -0.3 is 98.4 Å². The van der Waals surface area contributed by atoms with Gasteiger partial charge in [0.1, 0.15) is 102 Å². The number of hydrogen-bond donors (Lipinski definition) is 12. The quantitative estimate of drug-likeness (QED) is 0.0395. The zero-order valence-electron chi connectivity index (χ0n) is 49.0. The maximum absolute atomic E-state index is 14.5. The van der Waals surface area contributed by atoms with Crippen LogP contribution in [-0.4, -0.2) is 250 Å². The lowest BCUT2D eigenvalue weighted by atomic mass is 9.39. The monoisotopic (exact) mass is 1260 g/mol. The summed E-state index contributed by atoms with van der Waals surface area (Å²) in [6.07, 6.45) is -29.7. The summed E-state index contributed by atoms with van der Waals surface area (Å²) in [6.45, 7) is 13.0. The SMILES string of the molecule is COC1C(O)C(COS(=O)(=O)O)OC(OC2C(O)C(CO)OC(OC3C(C)OC(OC4C(OC5CCC6(C)C7CC(O)C89C(=O)OC(C)(CCCC(C)C)C8(O)CCC9(C)C7=CCC6C5(C)C)OCC(OS(=O)(=O)O)C4O)C(O)C3O)C2O)C1O. The van der Waals surface area contributed by atoms with E-state index in [4.69, 9.17) is 56.1 Å². The minimum atomic E-state index is -5.22. The Hall–Kier alpha value is -1.81. The highest BCUT2D eigenvalue weighted by atomic mass is 32.3. The molecule has 28 atom stereocenters. The van der Waals surface area contributed by atoms with Gasteiger partial charge in [0.25, 0.3) is 0 Å². The van der Waals surface area contributed by atoms with Gasteiger partial charge in [-0.1, -0.05) is 59.6 Å². The third-order valence-corrected chi connectivity index (χ3v) is 21.9. The molecule has 0 aromatic carbocycles. The number of carbonyl (C=O) groups is 1. The number of rotatable bonds is 19. The highest BCUT2D eigenvalue weighted by Gasteiger charge is 2.86. The predicted molar refractivity (Wildman–Crippen MR) is 284 cm³/mol. The van der Waals surface area contributed by atoms with Crippen molar-refractivity contribution in [1.82, 2.24) is 0 Å². The number of ether oxygens (including phenoxy) is 10. The van der Waals surface area contributed by atoms with E-state index in [9.17, 15) is 77.2 Å². The molecule has 9 rings (SSSR count). The molecule has 0 aromatic heterocycles. The summed E-state index contributed by atoms with van der Waals surface area (Å²) >= 11 is 0. The van der Waals surface area contributed by atoms with E-state index in [1.54, 1.807) is 6.92 Å². The van der Waals surface area contributed by atoms with Crippen molar-refractivity contribution in [2.75, 3.05) is 26.9 Å². The summed E-state index contributed by atoms with van der Waals surface area (Å²) in [7, 11) is -9.20. The fraction of sp³-hybridized carbons (Fsp3) is 0.944. The molecule has 31 heteroatoms. The van der Waals surface area contributed by atoms with Crippen LogP contribution in [0.4, 0.5) is 0 Å². The molecule has 85 heavy (non-hydrogen) atoms. The average Bonchev–Trinajstić information content (AvgIpc) is 1.51. The summed E-state index contributed by atoms with van der Waals surface area (Å²) in [5.74, 6) is -0.526. The molecule has 0 amide bonds. The molecular weight excluding hydrogens is 1180 g/mol. The molecule has 5 heterocycles. The molecule has 5 saturated heterocycles. The van der Waals surface area contributed by atoms with Gasteiger partial charge in [-0.3, -0.25) is 13.9 Å². The normalized spacial score (nSPS) is 50.0. The van der Waals surface area contributed by atoms with Crippen molar-refractivity contribution in [3.63, 3.8) is 0 Å². The third-order valence-electron chi connectivity index (χ3n) is 21.0. The van der Waals surface area contributed by atoms with Crippen molar-refractivity contribution in [2.45, 2.75) is 253 Å². The standard InChI is InChI=1S/C54H88O29S2/c1-23(2)11-10-15-52(8)53(65)18-17-51(7)25-12-13-30-49(4,5)32(14-16-50(30,6)26(25)19-31(56)54(51,53)48(64)82-52)78-47-43(35(59)29(21-73-47)83-85(69,70)71)81-44-37(61)36(60)40(24(3)75-44)79-46-39(63)42(33(57)27(20-55)76-46)80-45-38(62)41(72-9)34(58)28(77-45)22-74-84(66,67)68/h12,23-24,26-47,55-63,65H,10-11,13-22H2,1-9H3,(H,66,67,68)(H,69,70,71). The topological polar surface area (TPSA) is 439 Å². The highest BCUT2D eigenvalue weighted by Crippen LogP contribution is 2.77. The first-order chi connectivity index (χ1) is 39.4. The second kappa shape index (κ2) is 24.3. The minimum absolute atomic E-state index is 0.143. The molecule has 490 valence electrons. The first kappa shape index (κ1) is 67.6. The lowest BCUT2D eigenvalue weighted by molar-refractivity contribution is -0.389. The number of methoxy groups -OCH3 is 1. The van der Waals surface area contributed by atoms with Gasteiger partial charge in [-0.2, -0.15) is 16.8 Å². The van der Waals surface area contributed by atoms with E-state index in [0.717, 1.165) is 25.5 Å². The molecule has 28 unspecified atom stereocenters. The lowest BCUT2D eigenvalue weighted by Crippen LogP contribution is -2.68. The Morgan fingerprint density at radius 2 is 1.33 bits per heavy atom. The maximum atomic E-state index is 14.5. The summed E-state index contributed by atoms with van der Waals surface area (Å²) < 4.78 is 134. The number of fused-ring (bicyclic) bond motifs is 4. The van der Waals surface area contributed by atoms with Crippen molar-refractivity contribution in [2.24, 2.45) is 39.4 Å². The van der Waals surface area contributed by atoms with Gasteiger partial charge in [0.15, 0.2) is 25.2 Å². The Morgan fingerprint density at radius 1 is 0.718 bits per heavy atom. The lowest BCUT2D eigenvalue weighted by Gasteiger charge is -2.65. The number of aliphatic hydroxyl groups is 10. The van der Waals surface area contributed by atoms with Crippen LogP contribution in [0, 0.1) is 39.4 Å². The van der Waals surface area contributed by atoms with Crippen molar-refractivity contribution in [3.05, 3.63) is 11.6 Å². The Labute approximate surface area is 493 Å². The summed E-state index contributed by atoms with van der Waals surface area (Å²) in [6, 6.07) is 0. The Balaban J connectivity index is 0.906. The molecule has 4 aliphatic carbocycles. The van der Waals surface area contributed by atoms with Crippen LogP contribution >= 0.6 is 0 Å². The Kier molecular flexibility index (Phi) is 19.4. The molecule has 5 aliphatic heterocycles. The summed E-state index contributed by atoms with van der Waals surface area (Å²) in [4.78, 5) is 14.5. The molecule has 0 radical (unpaired) electrons. The molecule has 1 spiro atoms. The van der Waals surface area contributed by atoms with Gasteiger partial charge in [-0.15, -0.1) is 0 Å². The maximum Gasteiger partial charge on any atom is 0.397 e. The fourth-order valence-corrected chi connectivity index (χ4v) is 17.3. The van der Waals surface area contributed by atoms with Gasteiger partial charge in [0.05, 0.1) is 38.1 Å². The summed E-state index contributed by atoms with van der Waals surface area (Å²) in [5.41, 5.74) is -5.54. The summed E-state index contributed by atoms with van der Waals surface area (Å²) in [5, 5.41) is 115. The fourth-order valence-electron chi connectivity index (χ4n) is 16.5. The minimum Gasteiger partial charge on any atom is -0.456 e. The zero-order valence-corrected chi connectivity index (χ0v) is 50.7. The molecule has 0 bridgehead atoms. The van der Waals surface area contributed by atoms with E-state index in [0.29, 0.717) is 38.0 Å². The van der Waals surface area contributed by atoms with Gasteiger partial charge in [0, 0.05) is 12.5 Å². The number of cyclic esters (lactones) is 1. The molecule has 3 saturated carbocycles. The largest absolute Gasteiger partial charge is 0.456 e. The van der Waals surface area contributed by atoms with Crippen LogP contribution in [0.5, 0.6) is 0 Å². The Bertz CT molecular complexity index is 2650. The zero-order chi connectivity index (χ0) is 62.7. The van der Waals surface area contributed by atoms with Crippen molar-refractivity contribution in [3.8, 4) is 0 Å². The van der Waals surface area contributed by atoms with Gasteiger partial charge in [0.2, 0.25) is 0 Å². The molecule has 0 aromatic rings. The number of aliphatic hydroxyl groups excluding tert-OH is 9. The Morgan fingerprint density at radius 3 is 1.95 bits per heavy atom. The van der Waals surface area contributed by atoms with E-state index >= 15 is 0 Å². The van der Waals surface area contributed by atoms with Gasteiger partial charge >= 0.3 is 26.8 Å². The van der Waals surface area contributed by atoms with Crippen LogP contribution in [0.25, 0.3) is 0 Å². The van der Waals surface area contributed by atoms with E-state index in [-0.39, 0.29) is 24.7 Å².